The number of aromatic nitrogens is 2. The van der Waals surface area contributed by atoms with E-state index < -0.39 is 0 Å². The molecule has 1 aromatic heterocycles. The maximum absolute atomic E-state index is 5.51. The molecule has 0 aliphatic rings. The number of nitrogens with zero attached hydrogens (tertiary/aromatic N) is 2. The Morgan fingerprint density at radius 1 is 1.40 bits per heavy atom. The van der Waals surface area contributed by atoms with Crippen molar-refractivity contribution in [1.29, 1.82) is 0 Å². The molecule has 4 nitrogen and oxygen atoms in total. The van der Waals surface area contributed by atoms with E-state index >= 15 is 0 Å². The van der Waals surface area contributed by atoms with Crippen molar-refractivity contribution in [3.8, 4) is 5.75 Å². The van der Waals surface area contributed by atoms with Crippen molar-refractivity contribution in [2.75, 3.05) is 13.7 Å². The summed E-state index contributed by atoms with van der Waals surface area (Å²) >= 11 is 3.48. The summed E-state index contributed by atoms with van der Waals surface area (Å²) in [6.07, 6.45) is 3.03. The van der Waals surface area contributed by atoms with Crippen molar-refractivity contribution in [3.63, 3.8) is 0 Å². The highest BCUT2D eigenvalue weighted by Gasteiger charge is 2.20. The summed E-state index contributed by atoms with van der Waals surface area (Å²) < 4.78 is 8.34. The van der Waals surface area contributed by atoms with E-state index in [0.29, 0.717) is 0 Å². The summed E-state index contributed by atoms with van der Waals surface area (Å²) in [5.74, 6) is 0.860. The van der Waals surface area contributed by atoms with Gasteiger partial charge in [0.25, 0.3) is 0 Å². The predicted octanol–water partition coefficient (Wildman–Crippen LogP) is 3.28. The van der Waals surface area contributed by atoms with Crippen LogP contribution in [0, 0.1) is 0 Å². The van der Waals surface area contributed by atoms with Gasteiger partial charge >= 0.3 is 0 Å². The number of aryl methyl sites for hydroxylation is 1. The zero-order chi connectivity index (χ0) is 14.5. The molecule has 1 atom stereocenters. The van der Waals surface area contributed by atoms with E-state index in [9.17, 15) is 0 Å². The normalized spacial score (nSPS) is 12.4. The van der Waals surface area contributed by atoms with E-state index in [4.69, 9.17) is 4.74 Å². The molecule has 1 aromatic carbocycles. The van der Waals surface area contributed by atoms with Gasteiger partial charge in [0.2, 0.25) is 0 Å². The van der Waals surface area contributed by atoms with Gasteiger partial charge < -0.3 is 10.1 Å². The van der Waals surface area contributed by atoms with Crippen LogP contribution in [-0.2, 0) is 7.05 Å². The highest BCUT2D eigenvalue weighted by atomic mass is 79.9. The van der Waals surface area contributed by atoms with E-state index in [0.717, 1.165) is 34.4 Å². The number of ether oxygens (including phenoxy) is 1. The molecule has 5 heteroatoms. The molecule has 0 amide bonds. The Bertz CT molecular complexity index is 568. The number of hydrogen-bond donors (Lipinski definition) is 1. The maximum Gasteiger partial charge on any atom is 0.125 e. The molecule has 1 N–H and O–H groups in total. The Labute approximate surface area is 128 Å². The second-order valence-electron chi connectivity index (χ2n) is 4.69. The average molecular weight is 338 g/mol. The molecule has 0 saturated heterocycles. The summed E-state index contributed by atoms with van der Waals surface area (Å²) in [4.78, 5) is 0. The lowest BCUT2D eigenvalue weighted by Gasteiger charge is -2.20. The Balaban J connectivity index is 2.40. The number of hydrogen-bond acceptors (Lipinski definition) is 3. The van der Waals surface area contributed by atoms with E-state index in [1.54, 1.807) is 7.11 Å². The molecule has 2 aromatic rings. The first-order valence-corrected chi connectivity index (χ1v) is 7.51. The summed E-state index contributed by atoms with van der Waals surface area (Å²) in [5, 5.41) is 8.06. The van der Waals surface area contributed by atoms with Gasteiger partial charge in [0.05, 0.1) is 18.8 Å². The first-order valence-electron chi connectivity index (χ1n) is 6.72. The summed E-state index contributed by atoms with van der Waals surface area (Å²) in [7, 11) is 3.62. The lowest BCUT2D eigenvalue weighted by molar-refractivity contribution is 0.402. The largest absolute Gasteiger partial charge is 0.496 e. The highest BCUT2D eigenvalue weighted by molar-refractivity contribution is 9.10. The Kier molecular flexibility index (Phi) is 5.20. The van der Waals surface area contributed by atoms with Gasteiger partial charge in [-0.05, 0) is 31.2 Å². The monoisotopic (exact) mass is 337 g/mol. The van der Waals surface area contributed by atoms with Crippen LogP contribution in [0.15, 0.2) is 34.9 Å². The van der Waals surface area contributed by atoms with Gasteiger partial charge in [-0.2, -0.15) is 5.10 Å². The SMILES string of the molecule is CCCNC(c1ccn(C)n1)c1ccc(Br)cc1OC. The van der Waals surface area contributed by atoms with E-state index in [-0.39, 0.29) is 6.04 Å². The molecule has 20 heavy (non-hydrogen) atoms. The minimum absolute atomic E-state index is 0.0409. The van der Waals surface area contributed by atoms with Crippen LogP contribution in [-0.4, -0.2) is 23.4 Å². The fourth-order valence-corrected chi connectivity index (χ4v) is 2.51. The van der Waals surface area contributed by atoms with Crippen LogP contribution in [0.1, 0.15) is 30.6 Å². The second-order valence-corrected chi connectivity index (χ2v) is 5.60. The number of nitrogens with one attached hydrogen (secondary N) is 1. The topological polar surface area (TPSA) is 39.1 Å². The molecule has 1 heterocycles. The number of rotatable bonds is 6. The molecule has 0 radical (unpaired) electrons. The molecule has 0 bridgehead atoms. The number of halogens is 1. The van der Waals surface area contributed by atoms with Crippen LogP contribution in [0.5, 0.6) is 5.75 Å². The molecule has 0 aliphatic carbocycles. The van der Waals surface area contributed by atoms with Crippen molar-refractivity contribution >= 4 is 15.9 Å². The van der Waals surface area contributed by atoms with Crippen molar-refractivity contribution in [2.24, 2.45) is 7.05 Å². The van der Waals surface area contributed by atoms with E-state index in [1.165, 1.54) is 0 Å². The van der Waals surface area contributed by atoms with Crippen molar-refractivity contribution in [3.05, 3.63) is 46.2 Å². The quantitative estimate of drug-likeness (QED) is 0.879. The Morgan fingerprint density at radius 2 is 2.20 bits per heavy atom. The van der Waals surface area contributed by atoms with E-state index in [2.05, 4.69) is 39.3 Å². The van der Waals surface area contributed by atoms with Crippen molar-refractivity contribution in [2.45, 2.75) is 19.4 Å². The fraction of sp³-hybridized carbons (Fsp3) is 0.400. The summed E-state index contributed by atoms with van der Waals surface area (Å²) in [6, 6.07) is 8.17. The van der Waals surface area contributed by atoms with Gasteiger partial charge in [-0.25, -0.2) is 0 Å². The average Bonchev–Trinajstić information content (AvgIpc) is 2.87. The van der Waals surface area contributed by atoms with Crippen LogP contribution in [0.3, 0.4) is 0 Å². The molecule has 2 rings (SSSR count). The molecular weight excluding hydrogens is 318 g/mol. The second kappa shape index (κ2) is 6.90. The first kappa shape index (κ1) is 15.1. The maximum atomic E-state index is 5.51. The fourth-order valence-electron chi connectivity index (χ4n) is 2.17. The smallest absolute Gasteiger partial charge is 0.125 e. The zero-order valence-electron chi connectivity index (χ0n) is 12.1. The van der Waals surface area contributed by atoms with Gasteiger partial charge in [-0.1, -0.05) is 28.9 Å². The lowest BCUT2D eigenvalue weighted by atomic mass is 10.0. The minimum atomic E-state index is 0.0409. The standard InChI is InChI=1S/C15H20BrN3O/c1-4-8-17-15(13-7-9-19(2)18-13)12-6-5-11(16)10-14(12)20-3/h5-7,9-10,15,17H,4,8H2,1-3H3. The third kappa shape index (κ3) is 3.41. The molecule has 108 valence electrons. The molecule has 0 saturated carbocycles. The van der Waals surface area contributed by atoms with Crippen LogP contribution in [0.4, 0.5) is 0 Å². The zero-order valence-corrected chi connectivity index (χ0v) is 13.6. The van der Waals surface area contributed by atoms with Gasteiger partial charge in [0.15, 0.2) is 0 Å². The van der Waals surface area contributed by atoms with E-state index in [1.807, 2.05) is 36.1 Å². The van der Waals surface area contributed by atoms with Crippen molar-refractivity contribution < 1.29 is 4.74 Å². The van der Waals surface area contributed by atoms with Gasteiger partial charge in [0.1, 0.15) is 5.75 Å². The van der Waals surface area contributed by atoms with Gasteiger partial charge in [-0.3, -0.25) is 4.68 Å². The number of benzene rings is 1. The van der Waals surface area contributed by atoms with Gasteiger partial charge in [-0.15, -0.1) is 0 Å². The predicted molar refractivity (Wildman–Crippen MR) is 84.0 cm³/mol. The first-order chi connectivity index (χ1) is 9.65. The van der Waals surface area contributed by atoms with Crippen LogP contribution >= 0.6 is 15.9 Å². The number of methoxy groups -OCH3 is 1. The highest BCUT2D eigenvalue weighted by Crippen LogP contribution is 2.31. The minimum Gasteiger partial charge on any atom is -0.496 e. The van der Waals surface area contributed by atoms with Gasteiger partial charge in [0, 0.05) is 23.3 Å². The van der Waals surface area contributed by atoms with Crippen LogP contribution in [0.2, 0.25) is 0 Å². The Morgan fingerprint density at radius 3 is 2.80 bits per heavy atom. The molecule has 0 fully saturated rings. The molecule has 0 aliphatic heterocycles. The summed E-state index contributed by atoms with van der Waals surface area (Å²) in [6.45, 7) is 3.09. The van der Waals surface area contributed by atoms with Crippen LogP contribution in [0.25, 0.3) is 0 Å². The summed E-state index contributed by atoms with van der Waals surface area (Å²) in [5.41, 5.74) is 2.10. The third-order valence-electron chi connectivity index (χ3n) is 3.13. The van der Waals surface area contributed by atoms with Crippen molar-refractivity contribution in [1.82, 2.24) is 15.1 Å². The van der Waals surface area contributed by atoms with Crippen LogP contribution < -0.4 is 10.1 Å². The molecule has 0 spiro atoms. The molecular formula is C15H20BrN3O. The molecule has 1 unspecified atom stereocenters. The third-order valence-corrected chi connectivity index (χ3v) is 3.63. The lowest BCUT2D eigenvalue weighted by Crippen LogP contribution is -2.24. The Hall–Kier alpha value is -1.33.